The number of rotatable bonds is 3. The Morgan fingerprint density at radius 2 is 2.00 bits per heavy atom. The molecule has 1 aliphatic carbocycles. The van der Waals surface area contributed by atoms with Crippen LogP contribution in [0.15, 0.2) is 17.5 Å². The number of ether oxygens (including phenoxy) is 1. The zero-order chi connectivity index (χ0) is 19.6. The number of morpholine rings is 1. The highest BCUT2D eigenvalue weighted by molar-refractivity contribution is 7.12. The summed E-state index contributed by atoms with van der Waals surface area (Å²) < 4.78 is 37.6. The number of carboxylic acids is 1. The van der Waals surface area contributed by atoms with Crippen molar-refractivity contribution >= 4 is 23.2 Å². The first-order chi connectivity index (χ1) is 12.8. The van der Waals surface area contributed by atoms with Crippen LogP contribution in [0.25, 0.3) is 0 Å². The fraction of sp³-hybridized carbons (Fsp3) is 0.647. The van der Waals surface area contributed by atoms with Crippen LogP contribution in [-0.4, -0.2) is 77.9 Å². The molecular formula is C17H21F3N2O4S. The molecule has 0 spiro atoms. The molecule has 3 fully saturated rings. The molecule has 0 radical (unpaired) electrons. The highest BCUT2D eigenvalue weighted by Gasteiger charge is 2.43. The zero-order valence-electron chi connectivity index (χ0n) is 14.5. The molecule has 1 aromatic heterocycles. The van der Waals surface area contributed by atoms with Crippen molar-refractivity contribution < 1.29 is 32.6 Å². The maximum Gasteiger partial charge on any atom is 0.490 e. The minimum absolute atomic E-state index is 0.171. The van der Waals surface area contributed by atoms with Gasteiger partial charge in [0.1, 0.15) is 0 Å². The second-order valence-electron chi connectivity index (χ2n) is 6.91. The van der Waals surface area contributed by atoms with E-state index in [1.165, 1.54) is 30.7 Å². The van der Waals surface area contributed by atoms with E-state index in [1.807, 2.05) is 22.4 Å². The average molecular weight is 406 g/mol. The maximum atomic E-state index is 12.5. The molecule has 0 unspecified atom stereocenters. The van der Waals surface area contributed by atoms with E-state index in [-0.39, 0.29) is 12.0 Å². The molecule has 6 nitrogen and oxygen atoms in total. The van der Waals surface area contributed by atoms with Gasteiger partial charge in [0.15, 0.2) is 0 Å². The number of carbonyl (C=O) groups is 2. The van der Waals surface area contributed by atoms with E-state index < -0.39 is 12.1 Å². The van der Waals surface area contributed by atoms with E-state index in [0.29, 0.717) is 6.04 Å². The monoisotopic (exact) mass is 406 g/mol. The van der Waals surface area contributed by atoms with Crippen molar-refractivity contribution in [3.05, 3.63) is 22.4 Å². The van der Waals surface area contributed by atoms with Crippen LogP contribution in [0.2, 0.25) is 0 Å². The lowest BCUT2D eigenvalue weighted by atomic mass is 10.1. The van der Waals surface area contributed by atoms with Crippen molar-refractivity contribution in [3.63, 3.8) is 0 Å². The zero-order valence-corrected chi connectivity index (χ0v) is 15.3. The number of alkyl halides is 3. The second kappa shape index (κ2) is 8.15. The van der Waals surface area contributed by atoms with E-state index in [4.69, 9.17) is 14.6 Å². The van der Waals surface area contributed by atoms with Crippen LogP contribution in [0, 0.1) is 5.92 Å². The molecule has 0 bridgehead atoms. The first-order valence-corrected chi connectivity index (χ1v) is 9.62. The number of amides is 1. The van der Waals surface area contributed by atoms with Crippen LogP contribution in [0.4, 0.5) is 13.2 Å². The van der Waals surface area contributed by atoms with Crippen LogP contribution in [0.3, 0.4) is 0 Å². The molecule has 1 saturated carbocycles. The molecule has 10 heteroatoms. The van der Waals surface area contributed by atoms with Gasteiger partial charge in [-0.25, -0.2) is 4.79 Å². The predicted octanol–water partition coefficient (Wildman–Crippen LogP) is 2.32. The van der Waals surface area contributed by atoms with Gasteiger partial charge >= 0.3 is 12.1 Å². The number of hydrogen-bond donors (Lipinski definition) is 1. The van der Waals surface area contributed by atoms with Gasteiger partial charge in [-0.3, -0.25) is 9.69 Å². The van der Waals surface area contributed by atoms with E-state index in [0.717, 1.165) is 37.0 Å². The van der Waals surface area contributed by atoms with Crippen molar-refractivity contribution in [1.82, 2.24) is 9.80 Å². The van der Waals surface area contributed by atoms with Gasteiger partial charge in [0.25, 0.3) is 5.91 Å². The molecule has 1 aromatic rings. The lowest BCUT2D eigenvalue weighted by Gasteiger charge is -2.36. The topological polar surface area (TPSA) is 70.1 Å². The molecule has 1 amide bonds. The Bertz CT molecular complexity index is 664. The SMILES string of the molecule is O=C(O)C(F)(F)F.O=C(c1cccs1)N1C[C@@H]2OCCN(CC3CC3)[C@@H]2C1. The Morgan fingerprint density at radius 1 is 1.30 bits per heavy atom. The van der Waals surface area contributed by atoms with Crippen LogP contribution in [0.5, 0.6) is 0 Å². The molecule has 3 heterocycles. The minimum atomic E-state index is -5.08. The normalized spacial score (nSPS) is 25.5. The second-order valence-corrected chi connectivity index (χ2v) is 7.85. The van der Waals surface area contributed by atoms with Gasteiger partial charge in [-0.2, -0.15) is 13.2 Å². The van der Waals surface area contributed by atoms with E-state index in [9.17, 15) is 18.0 Å². The number of aliphatic carboxylic acids is 1. The molecule has 2 atom stereocenters. The third-order valence-corrected chi connectivity index (χ3v) is 5.73. The Hall–Kier alpha value is -1.65. The molecule has 2 aliphatic heterocycles. The average Bonchev–Trinajstić information content (AvgIpc) is 3.11. The lowest BCUT2D eigenvalue weighted by Crippen LogP contribution is -2.51. The number of nitrogens with zero attached hydrogens (tertiary/aromatic N) is 2. The summed E-state index contributed by atoms with van der Waals surface area (Å²) in [6, 6.07) is 4.27. The quantitative estimate of drug-likeness (QED) is 0.834. The van der Waals surface area contributed by atoms with Gasteiger partial charge < -0.3 is 14.7 Å². The summed E-state index contributed by atoms with van der Waals surface area (Å²) in [6.45, 7) is 4.62. The van der Waals surface area contributed by atoms with Crippen molar-refractivity contribution in [1.29, 1.82) is 0 Å². The van der Waals surface area contributed by atoms with Crippen molar-refractivity contribution in [2.45, 2.75) is 31.2 Å². The van der Waals surface area contributed by atoms with Crippen molar-refractivity contribution in [3.8, 4) is 0 Å². The Labute approximate surface area is 158 Å². The summed E-state index contributed by atoms with van der Waals surface area (Å²) in [5, 5.41) is 9.09. The third kappa shape index (κ3) is 5.20. The summed E-state index contributed by atoms with van der Waals surface area (Å²) in [7, 11) is 0. The molecule has 0 aromatic carbocycles. The van der Waals surface area contributed by atoms with Gasteiger partial charge in [-0.1, -0.05) is 6.07 Å². The summed E-state index contributed by atoms with van der Waals surface area (Å²) in [6.07, 6.45) is -2.11. The lowest BCUT2D eigenvalue weighted by molar-refractivity contribution is -0.192. The number of carboxylic acid groups (broad SMARTS) is 1. The molecular weight excluding hydrogens is 385 g/mol. The molecule has 1 N–H and O–H groups in total. The Morgan fingerprint density at radius 3 is 2.56 bits per heavy atom. The fourth-order valence-electron chi connectivity index (χ4n) is 3.34. The van der Waals surface area contributed by atoms with E-state index >= 15 is 0 Å². The summed E-state index contributed by atoms with van der Waals surface area (Å²) in [5.74, 6) is -1.69. The standard InChI is InChI=1S/C15H20N2O2S.C2HF3O2/c18-15(14-2-1-7-20-14)17-9-12-13(10-17)19-6-5-16(12)8-11-3-4-11;3-2(4,5)1(6)7/h1-2,7,11-13H,3-6,8-10H2;(H,6,7)/t12-,13+;/m1./s1. The number of likely N-dealkylation sites (tertiary alicyclic amines) is 1. The van der Waals surface area contributed by atoms with Crippen LogP contribution in [-0.2, 0) is 9.53 Å². The molecule has 2 saturated heterocycles. The van der Waals surface area contributed by atoms with E-state index in [2.05, 4.69) is 4.90 Å². The predicted molar refractivity (Wildman–Crippen MR) is 91.7 cm³/mol. The molecule has 4 rings (SSSR count). The Balaban J connectivity index is 0.000000260. The highest BCUT2D eigenvalue weighted by Crippen LogP contribution is 2.33. The first kappa shape index (κ1) is 20.1. The molecule has 3 aliphatic rings. The van der Waals surface area contributed by atoms with Gasteiger partial charge in [0.05, 0.1) is 23.6 Å². The summed E-state index contributed by atoms with van der Waals surface area (Å²) >= 11 is 1.53. The number of fused-ring (bicyclic) bond motifs is 1. The van der Waals surface area contributed by atoms with Gasteiger partial charge in [0.2, 0.25) is 0 Å². The fourth-order valence-corrected chi connectivity index (χ4v) is 4.03. The minimum Gasteiger partial charge on any atom is -0.475 e. The summed E-state index contributed by atoms with van der Waals surface area (Å²) in [5.41, 5.74) is 0. The van der Waals surface area contributed by atoms with Gasteiger partial charge in [-0.15, -0.1) is 11.3 Å². The number of carbonyl (C=O) groups excluding carboxylic acids is 1. The van der Waals surface area contributed by atoms with Gasteiger partial charge in [0, 0.05) is 26.2 Å². The number of halogens is 3. The largest absolute Gasteiger partial charge is 0.490 e. The number of hydrogen-bond acceptors (Lipinski definition) is 5. The van der Waals surface area contributed by atoms with Crippen molar-refractivity contribution in [2.24, 2.45) is 5.92 Å². The van der Waals surface area contributed by atoms with Gasteiger partial charge in [-0.05, 0) is 30.2 Å². The smallest absolute Gasteiger partial charge is 0.475 e. The Kier molecular flexibility index (Phi) is 6.07. The highest BCUT2D eigenvalue weighted by atomic mass is 32.1. The first-order valence-electron chi connectivity index (χ1n) is 8.74. The van der Waals surface area contributed by atoms with Crippen LogP contribution in [0.1, 0.15) is 22.5 Å². The molecule has 150 valence electrons. The van der Waals surface area contributed by atoms with Crippen LogP contribution < -0.4 is 0 Å². The van der Waals surface area contributed by atoms with Crippen molar-refractivity contribution in [2.75, 3.05) is 32.8 Å². The summed E-state index contributed by atoms with van der Waals surface area (Å²) in [4.78, 5) is 26.7. The maximum absolute atomic E-state index is 12.5. The molecule has 27 heavy (non-hydrogen) atoms. The number of thiophene rings is 1. The third-order valence-electron chi connectivity index (χ3n) is 4.87. The van der Waals surface area contributed by atoms with E-state index in [1.54, 1.807) is 0 Å². The van der Waals surface area contributed by atoms with Crippen LogP contribution >= 0.6 is 11.3 Å².